The number of nitro groups is 1. The highest BCUT2D eigenvalue weighted by molar-refractivity contribution is 7.18. The zero-order valence-corrected chi connectivity index (χ0v) is 11.0. The fourth-order valence-electron chi connectivity index (χ4n) is 1.85. The normalized spacial score (nSPS) is 16.9. The number of hydrogen-bond donors (Lipinski definition) is 1. The third-order valence-corrected chi connectivity index (χ3v) is 4.23. The van der Waals surface area contributed by atoms with Gasteiger partial charge in [-0.25, -0.2) is 0 Å². The molecule has 0 unspecified atom stereocenters. The van der Waals surface area contributed by atoms with E-state index >= 15 is 0 Å². The average Bonchev–Trinajstić information content (AvgIpc) is 2.71. The number of carbonyl (C=O) groups is 1. The number of rotatable bonds is 2. The van der Waals surface area contributed by atoms with Crippen molar-refractivity contribution in [2.24, 2.45) is 5.73 Å². The Morgan fingerprint density at radius 1 is 1.56 bits per heavy atom. The molecule has 1 amide bonds. The van der Waals surface area contributed by atoms with E-state index in [1.54, 1.807) is 4.90 Å². The first-order valence-corrected chi connectivity index (χ1v) is 6.67. The van der Waals surface area contributed by atoms with Crippen LogP contribution in [-0.2, 0) is 0 Å². The molecule has 2 N–H and O–H groups in total. The lowest BCUT2D eigenvalue weighted by molar-refractivity contribution is -0.384. The van der Waals surface area contributed by atoms with Crippen molar-refractivity contribution in [3.8, 4) is 0 Å². The molecule has 1 fully saturated rings. The molecule has 98 valence electrons. The monoisotopic (exact) mass is 289 g/mol. The van der Waals surface area contributed by atoms with Crippen LogP contribution in [0.3, 0.4) is 0 Å². The van der Waals surface area contributed by atoms with Gasteiger partial charge in [0.15, 0.2) is 4.34 Å². The molecule has 1 aromatic heterocycles. The summed E-state index contributed by atoms with van der Waals surface area (Å²) in [5.41, 5.74) is 5.55. The maximum Gasteiger partial charge on any atom is 0.299 e. The van der Waals surface area contributed by atoms with Crippen LogP contribution in [0.1, 0.15) is 22.5 Å². The smallest absolute Gasteiger partial charge is 0.299 e. The van der Waals surface area contributed by atoms with Gasteiger partial charge in [-0.3, -0.25) is 14.9 Å². The highest BCUT2D eigenvalue weighted by atomic mass is 35.5. The van der Waals surface area contributed by atoms with Crippen LogP contribution in [0.15, 0.2) is 6.07 Å². The third-order valence-electron chi connectivity index (χ3n) is 2.90. The molecular weight excluding hydrogens is 278 g/mol. The van der Waals surface area contributed by atoms with E-state index in [2.05, 4.69) is 0 Å². The number of hydrogen-bond acceptors (Lipinski definition) is 5. The van der Waals surface area contributed by atoms with Gasteiger partial charge >= 0.3 is 0 Å². The van der Waals surface area contributed by atoms with Crippen LogP contribution < -0.4 is 5.73 Å². The Labute approximate surface area is 112 Å². The Kier molecular flexibility index (Phi) is 3.84. The quantitative estimate of drug-likeness (QED) is 0.665. The molecule has 1 saturated heterocycles. The highest BCUT2D eigenvalue weighted by Crippen LogP contribution is 2.34. The summed E-state index contributed by atoms with van der Waals surface area (Å²) in [6, 6.07) is 1.37. The molecule has 18 heavy (non-hydrogen) atoms. The molecule has 2 rings (SSSR count). The van der Waals surface area contributed by atoms with Crippen molar-refractivity contribution in [1.82, 2.24) is 4.90 Å². The molecule has 1 aliphatic rings. The first-order chi connectivity index (χ1) is 8.49. The van der Waals surface area contributed by atoms with Gasteiger partial charge < -0.3 is 10.6 Å². The Morgan fingerprint density at radius 3 is 2.67 bits per heavy atom. The van der Waals surface area contributed by atoms with Gasteiger partial charge in [0.25, 0.3) is 11.6 Å². The van der Waals surface area contributed by atoms with Gasteiger partial charge in [-0.05, 0) is 12.8 Å². The number of halogens is 1. The molecule has 0 radical (unpaired) electrons. The Morgan fingerprint density at radius 2 is 2.17 bits per heavy atom. The maximum atomic E-state index is 12.1. The second-order valence-electron chi connectivity index (χ2n) is 4.16. The van der Waals surface area contributed by atoms with Crippen LogP contribution in [0.4, 0.5) is 5.69 Å². The van der Waals surface area contributed by atoms with E-state index in [1.165, 1.54) is 6.07 Å². The van der Waals surface area contributed by atoms with Crippen LogP contribution in [0.2, 0.25) is 4.34 Å². The van der Waals surface area contributed by atoms with Gasteiger partial charge in [0.2, 0.25) is 0 Å². The predicted molar refractivity (Wildman–Crippen MR) is 69.1 cm³/mol. The van der Waals surface area contributed by atoms with Crippen molar-refractivity contribution in [2.75, 3.05) is 13.1 Å². The van der Waals surface area contributed by atoms with Crippen LogP contribution in [-0.4, -0.2) is 34.9 Å². The molecule has 0 bridgehead atoms. The fraction of sp³-hybridized carbons (Fsp3) is 0.500. The molecule has 1 aromatic rings. The summed E-state index contributed by atoms with van der Waals surface area (Å²) in [6.45, 7) is 1.17. The standard InChI is InChI=1S/C10H12ClN3O3S/c11-9-7(14(16)17)5-8(18-9)10(15)13-3-1-6(12)2-4-13/h5-6H,1-4,12H2. The number of nitrogens with two attached hydrogens (primary N) is 1. The van der Waals surface area contributed by atoms with E-state index in [1.807, 2.05) is 0 Å². The zero-order chi connectivity index (χ0) is 13.3. The number of carbonyl (C=O) groups excluding carboxylic acids is 1. The van der Waals surface area contributed by atoms with Gasteiger partial charge in [0.1, 0.15) is 4.88 Å². The highest BCUT2D eigenvalue weighted by Gasteiger charge is 2.26. The molecule has 8 heteroatoms. The lowest BCUT2D eigenvalue weighted by Gasteiger charge is -2.29. The average molecular weight is 290 g/mol. The van der Waals surface area contributed by atoms with Crippen LogP contribution >= 0.6 is 22.9 Å². The molecule has 0 atom stereocenters. The van der Waals surface area contributed by atoms with Crippen LogP contribution in [0.25, 0.3) is 0 Å². The van der Waals surface area contributed by atoms with Gasteiger partial charge in [-0.1, -0.05) is 11.6 Å². The molecular formula is C10H12ClN3O3S. The number of nitrogens with zero attached hydrogens (tertiary/aromatic N) is 2. The second kappa shape index (κ2) is 5.21. The topological polar surface area (TPSA) is 89.5 Å². The van der Waals surface area contributed by atoms with Crippen LogP contribution in [0, 0.1) is 10.1 Å². The van der Waals surface area contributed by atoms with Gasteiger partial charge in [-0.15, -0.1) is 11.3 Å². The maximum absolute atomic E-state index is 12.1. The minimum Gasteiger partial charge on any atom is -0.338 e. The summed E-state index contributed by atoms with van der Waals surface area (Å²) in [5.74, 6) is -0.207. The fourth-order valence-corrected chi connectivity index (χ4v) is 3.04. The molecule has 0 aliphatic carbocycles. The summed E-state index contributed by atoms with van der Waals surface area (Å²) in [7, 11) is 0. The first kappa shape index (κ1) is 13.3. The summed E-state index contributed by atoms with van der Waals surface area (Å²) in [6.07, 6.45) is 1.51. The number of likely N-dealkylation sites (tertiary alicyclic amines) is 1. The lowest BCUT2D eigenvalue weighted by atomic mass is 10.1. The summed E-state index contributed by atoms with van der Waals surface area (Å²) in [5, 5.41) is 10.7. The van der Waals surface area contributed by atoms with Crippen molar-refractivity contribution in [2.45, 2.75) is 18.9 Å². The lowest BCUT2D eigenvalue weighted by Crippen LogP contribution is -2.42. The minimum absolute atomic E-state index is 0.0389. The van der Waals surface area contributed by atoms with E-state index in [0.717, 1.165) is 24.2 Å². The largest absolute Gasteiger partial charge is 0.338 e. The van der Waals surface area contributed by atoms with Crippen LogP contribution in [0.5, 0.6) is 0 Å². The van der Waals surface area contributed by atoms with Gasteiger partial charge in [0, 0.05) is 25.2 Å². The van der Waals surface area contributed by atoms with Crippen molar-refractivity contribution < 1.29 is 9.72 Å². The zero-order valence-electron chi connectivity index (χ0n) is 9.47. The molecule has 0 saturated carbocycles. The Hall–Kier alpha value is -1.18. The van der Waals surface area contributed by atoms with E-state index in [-0.39, 0.29) is 22.0 Å². The summed E-state index contributed by atoms with van der Waals surface area (Å²) >= 11 is 6.68. The summed E-state index contributed by atoms with van der Waals surface area (Å²) in [4.78, 5) is 24.2. The molecule has 2 heterocycles. The molecule has 0 aromatic carbocycles. The van der Waals surface area contributed by atoms with Crippen molar-refractivity contribution >= 4 is 34.5 Å². The van der Waals surface area contributed by atoms with Gasteiger partial charge in [0.05, 0.1) is 4.92 Å². The van der Waals surface area contributed by atoms with E-state index in [4.69, 9.17) is 17.3 Å². The van der Waals surface area contributed by atoms with Crippen molar-refractivity contribution in [1.29, 1.82) is 0 Å². The Balaban J connectivity index is 2.14. The molecule has 0 spiro atoms. The van der Waals surface area contributed by atoms with E-state index in [0.29, 0.717) is 18.0 Å². The molecule has 6 nitrogen and oxygen atoms in total. The van der Waals surface area contributed by atoms with E-state index < -0.39 is 4.92 Å². The minimum atomic E-state index is -0.582. The SMILES string of the molecule is NC1CCN(C(=O)c2cc([N+](=O)[O-])c(Cl)s2)CC1. The van der Waals surface area contributed by atoms with Crippen molar-refractivity contribution in [3.05, 3.63) is 25.4 Å². The number of amides is 1. The van der Waals surface area contributed by atoms with E-state index in [9.17, 15) is 14.9 Å². The number of piperidine rings is 1. The Bertz CT molecular complexity index is 483. The van der Waals surface area contributed by atoms with Crippen molar-refractivity contribution in [3.63, 3.8) is 0 Å². The third kappa shape index (κ3) is 2.63. The van der Waals surface area contributed by atoms with Gasteiger partial charge in [-0.2, -0.15) is 0 Å². The number of thiophene rings is 1. The molecule has 1 aliphatic heterocycles. The summed E-state index contributed by atoms with van der Waals surface area (Å²) < 4.78 is 0.0389. The second-order valence-corrected chi connectivity index (χ2v) is 5.81. The first-order valence-electron chi connectivity index (χ1n) is 5.47. The predicted octanol–water partition coefficient (Wildman–Crippen LogP) is 1.87.